The molecular formula is C22H31NO4. The monoisotopic (exact) mass is 373 g/mol. The van der Waals surface area contributed by atoms with Crippen molar-refractivity contribution < 1.29 is 19.4 Å². The molecule has 5 heteroatoms. The van der Waals surface area contributed by atoms with Crippen LogP contribution < -0.4 is 4.74 Å². The first-order valence-corrected chi connectivity index (χ1v) is 9.85. The van der Waals surface area contributed by atoms with Crippen LogP contribution in [0.2, 0.25) is 0 Å². The van der Waals surface area contributed by atoms with E-state index in [0.717, 1.165) is 55.5 Å². The molecule has 0 unspecified atom stereocenters. The number of nitrogens with zero attached hydrogens (tertiary/aromatic N) is 1. The molecule has 0 spiro atoms. The molecule has 0 aromatic heterocycles. The number of aryl methyl sites for hydroxylation is 1. The van der Waals surface area contributed by atoms with E-state index in [1.54, 1.807) is 18.1 Å². The summed E-state index contributed by atoms with van der Waals surface area (Å²) in [4.78, 5) is 24.5. The third kappa shape index (κ3) is 6.42. The molecule has 0 bridgehead atoms. The standard InChI is InChI=1S/C22H31NO4/c1-23-14-13-17-15-18(20(27-2)16-19(17)22(23)26)11-9-7-5-3-4-6-8-10-12-21(24)25/h8,10,15-16H,3-7,9,11-14H2,1-2H3,(H,24,25)/b10-8-. The summed E-state index contributed by atoms with van der Waals surface area (Å²) in [6.45, 7) is 0.776. The lowest BCUT2D eigenvalue weighted by atomic mass is 9.94. The maximum atomic E-state index is 12.3. The van der Waals surface area contributed by atoms with Crippen LogP contribution in [0.25, 0.3) is 0 Å². The van der Waals surface area contributed by atoms with Crippen molar-refractivity contribution in [2.45, 2.75) is 57.8 Å². The van der Waals surface area contributed by atoms with Crippen molar-refractivity contribution in [1.29, 1.82) is 0 Å². The second-order valence-corrected chi connectivity index (χ2v) is 7.17. The zero-order chi connectivity index (χ0) is 19.6. The van der Waals surface area contributed by atoms with E-state index < -0.39 is 5.97 Å². The largest absolute Gasteiger partial charge is 0.496 e. The minimum atomic E-state index is -0.778. The molecule has 2 rings (SSSR count). The van der Waals surface area contributed by atoms with Gasteiger partial charge in [-0.3, -0.25) is 9.59 Å². The molecule has 1 aromatic carbocycles. The summed E-state index contributed by atoms with van der Waals surface area (Å²) >= 11 is 0. The van der Waals surface area contributed by atoms with Gasteiger partial charge < -0.3 is 14.7 Å². The van der Waals surface area contributed by atoms with Gasteiger partial charge in [-0.25, -0.2) is 0 Å². The van der Waals surface area contributed by atoms with Gasteiger partial charge in [0.05, 0.1) is 13.5 Å². The van der Waals surface area contributed by atoms with Crippen molar-refractivity contribution in [3.63, 3.8) is 0 Å². The Bertz CT molecular complexity index is 681. The highest BCUT2D eigenvalue weighted by Gasteiger charge is 2.23. The van der Waals surface area contributed by atoms with Gasteiger partial charge in [-0.15, -0.1) is 0 Å². The normalized spacial score (nSPS) is 13.9. The maximum Gasteiger partial charge on any atom is 0.307 e. The van der Waals surface area contributed by atoms with Gasteiger partial charge in [0.25, 0.3) is 5.91 Å². The number of methoxy groups -OCH3 is 1. The predicted octanol–water partition coefficient (Wildman–Crippen LogP) is 4.24. The Labute approximate surface area is 162 Å². The first-order chi connectivity index (χ1) is 13.0. The molecule has 1 N–H and O–H groups in total. The molecule has 5 nitrogen and oxygen atoms in total. The number of amides is 1. The van der Waals surface area contributed by atoms with Gasteiger partial charge in [0.2, 0.25) is 0 Å². The molecule has 0 atom stereocenters. The van der Waals surface area contributed by atoms with Crippen molar-refractivity contribution in [3.05, 3.63) is 41.0 Å². The van der Waals surface area contributed by atoms with E-state index in [9.17, 15) is 9.59 Å². The number of ether oxygens (including phenoxy) is 1. The maximum absolute atomic E-state index is 12.3. The minimum Gasteiger partial charge on any atom is -0.496 e. The molecule has 0 fully saturated rings. The number of benzene rings is 1. The third-order valence-electron chi connectivity index (χ3n) is 5.08. The van der Waals surface area contributed by atoms with Crippen molar-refractivity contribution >= 4 is 11.9 Å². The summed E-state index contributed by atoms with van der Waals surface area (Å²) in [7, 11) is 3.51. The smallest absolute Gasteiger partial charge is 0.307 e. The fourth-order valence-corrected chi connectivity index (χ4v) is 3.47. The molecule has 0 saturated heterocycles. The van der Waals surface area contributed by atoms with Crippen LogP contribution in [0, 0.1) is 0 Å². The Balaban J connectivity index is 1.74. The van der Waals surface area contributed by atoms with Crippen molar-refractivity contribution in [1.82, 2.24) is 4.90 Å². The number of allylic oxidation sites excluding steroid dienone is 1. The van der Waals surface area contributed by atoms with Crippen LogP contribution in [-0.2, 0) is 17.6 Å². The van der Waals surface area contributed by atoms with E-state index in [1.165, 1.54) is 24.8 Å². The van der Waals surface area contributed by atoms with Crippen LogP contribution in [0.4, 0.5) is 0 Å². The second kappa shape index (κ2) is 10.8. The van der Waals surface area contributed by atoms with E-state index in [1.807, 2.05) is 19.2 Å². The lowest BCUT2D eigenvalue weighted by molar-refractivity contribution is -0.136. The number of carbonyl (C=O) groups is 2. The number of hydrogen-bond acceptors (Lipinski definition) is 3. The molecule has 0 radical (unpaired) electrons. The average molecular weight is 373 g/mol. The SMILES string of the molecule is COc1cc2c(cc1CCCCCCC/C=C\CC(=O)O)CCN(C)C2=O. The highest BCUT2D eigenvalue weighted by atomic mass is 16.5. The zero-order valence-electron chi connectivity index (χ0n) is 16.5. The van der Waals surface area contributed by atoms with Gasteiger partial charge in [0.1, 0.15) is 5.75 Å². The lowest BCUT2D eigenvalue weighted by Crippen LogP contribution is -2.34. The zero-order valence-corrected chi connectivity index (χ0v) is 16.5. The summed E-state index contributed by atoms with van der Waals surface area (Å²) in [6, 6.07) is 4.07. The van der Waals surface area contributed by atoms with Gasteiger partial charge in [-0.1, -0.05) is 37.5 Å². The molecule has 1 aromatic rings. The third-order valence-corrected chi connectivity index (χ3v) is 5.08. The molecule has 1 aliphatic rings. The van der Waals surface area contributed by atoms with Crippen LogP contribution in [-0.4, -0.2) is 42.6 Å². The van der Waals surface area contributed by atoms with E-state index in [4.69, 9.17) is 9.84 Å². The van der Waals surface area contributed by atoms with Gasteiger partial charge >= 0.3 is 5.97 Å². The lowest BCUT2D eigenvalue weighted by Gasteiger charge is -2.26. The van der Waals surface area contributed by atoms with E-state index >= 15 is 0 Å². The number of rotatable bonds is 11. The Morgan fingerprint density at radius 1 is 1.19 bits per heavy atom. The van der Waals surface area contributed by atoms with E-state index in [2.05, 4.69) is 6.07 Å². The number of aliphatic carboxylic acids is 1. The summed E-state index contributed by atoms with van der Waals surface area (Å²) in [5.41, 5.74) is 3.12. The first-order valence-electron chi connectivity index (χ1n) is 9.85. The quantitative estimate of drug-likeness (QED) is 0.465. The van der Waals surface area contributed by atoms with Crippen molar-refractivity contribution in [3.8, 4) is 5.75 Å². The number of fused-ring (bicyclic) bond motifs is 1. The van der Waals surface area contributed by atoms with Crippen LogP contribution in [0.1, 0.15) is 66.4 Å². The van der Waals surface area contributed by atoms with E-state index in [0.29, 0.717) is 0 Å². The summed E-state index contributed by atoms with van der Waals surface area (Å²) in [5.74, 6) is 0.125. The second-order valence-electron chi connectivity index (χ2n) is 7.17. The topological polar surface area (TPSA) is 66.8 Å². The van der Waals surface area contributed by atoms with Gasteiger partial charge in [-0.2, -0.15) is 0 Å². The van der Waals surface area contributed by atoms with Crippen LogP contribution in [0.15, 0.2) is 24.3 Å². The first kappa shape index (κ1) is 21.0. The molecule has 1 heterocycles. The van der Waals surface area contributed by atoms with Crippen molar-refractivity contribution in [2.75, 3.05) is 20.7 Å². The highest BCUT2D eigenvalue weighted by Crippen LogP contribution is 2.29. The number of likely N-dealkylation sites (N-methyl/N-ethyl adjacent to an activating group) is 1. The predicted molar refractivity (Wildman–Crippen MR) is 106 cm³/mol. The fourth-order valence-electron chi connectivity index (χ4n) is 3.47. The van der Waals surface area contributed by atoms with Gasteiger partial charge in [0.15, 0.2) is 0 Å². The number of carbonyl (C=O) groups excluding carboxylic acids is 1. The summed E-state index contributed by atoms with van der Waals surface area (Å²) in [5, 5.41) is 8.56. The molecule has 0 aliphatic carbocycles. The fraction of sp³-hybridized carbons (Fsp3) is 0.545. The van der Waals surface area contributed by atoms with Crippen LogP contribution >= 0.6 is 0 Å². The Hall–Kier alpha value is -2.30. The van der Waals surface area contributed by atoms with Gasteiger partial charge in [-0.05, 0) is 49.3 Å². The summed E-state index contributed by atoms with van der Waals surface area (Å²) in [6.07, 6.45) is 12.4. The molecule has 1 amide bonds. The van der Waals surface area contributed by atoms with Crippen molar-refractivity contribution in [2.24, 2.45) is 0 Å². The number of hydrogen-bond donors (Lipinski definition) is 1. The van der Waals surface area contributed by atoms with Crippen LogP contribution in [0.3, 0.4) is 0 Å². The molecule has 148 valence electrons. The Morgan fingerprint density at radius 3 is 2.67 bits per heavy atom. The average Bonchev–Trinajstić information content (AvgIpc) is 2.65. The van der Waals surface area contributed by atoms with Crippen LogP contribution in [0.5, 0.6) is 5.75 Å². The minimum absolute atomic E-state index is 0.0819. The van der Waals surface area contributed by atoms with E-state index in [-0.39, 0.29) is 12.3 Å². The molecule has 1 aliphatic heterocycles. The van der Waals surface area contributed by atoms with Gasteiger partial charge in [0, 0.05) is 19.2 Å². The number of carboxylic acid groups (broad SMARTS) is 1. The number of carboxylic acids is 1. The molecule has 0 saturated carbocycles. The molecule has 27 heavy (non-hydrogen) atoms. The Morgan fingerprint density at radius 2 is 1.93 bits per heavy atom. The molecular weight excluding hydrogens is 342 g/mol. The summed E-state index contributed by atoms with van der Waals surface area (Å²) < 4.78 is 5.52. The number of unbranched alkanes of at least 4 members (excludes halogenated alkanes) is 5. The Kier molecular flexibility index (Phi) is 8.37. The highest BCUT2D eigenvalue weighted by molar-refractivity contribution is 5.97.